The smallest absolute Gasteiger partial charge is 0.422 e. The van der Waals surface area contributed by atoms with Crippen molar-refractivity contribution in [1.29, 1.82) is 0 Å². The maximum absolute atomic E-state index is 11.6. The Morgan fingerprint density at radius 1 is 1.53 bits per heavy atom. The molecular formula is C9H11F3O3. The van der Waals surface area contributed by atoms with Crippen LogP contribution in [0.3, 0.4) is 0 Å². The van der Waals surface area contributed by atoms with Gasteiger partial charge in [0.15, 0.2) is 12.7 Å². The van der Waals surface area contributed by atoms with Gasteiger partial charge < -0.3 is 9.84 Å². The van der Waals surface area contributed by atoms with Gasteiger partial charge in [0, 0.05) is 6.42 Å². The maximum Gasteiger partial charge on any atom is 0.422 e. The Kier molecular flexibility index (Phi) is 5.07. The van der Waals surface area contributed by atoms with Crippen LogP contribution in [0.4, 0.5) is 13.2 Å². The summed E-state index contributed by atoms with van der Waals surface area (Å²) in [5.74, 6) is -1.32. The molecule has 0 unspecified atom stereocenters. The first kappa shape index (κ1) is 13.7. The van der Waals surface area contributed by atoms with Gasteiger partial charge in [0.05, 0.1) is 0 Å². The lowest BCUT2D eigenvalue weighted by atomic mass is 10.1. The average Bonchev–Trinajstić information content (AvgIpc) is 2.12. The van der Waals surface area contributed by atoms with Gasteiger partial charge in [0.25, 0.3) is 0 Å². The van der Waals surface area contributed by atoms with Gasteiger partial charge in [0.1, 0.15) is 0 Å². The molecule has 0 aliphatic heterocycles. The SMILES string of the molecule is C=CC(=C)C[C@@H](O)C(=O)OCC(F)(F)F. The fourth-order valence-electron chi connectivity index (χ4n) is 0.664. The summed E-state index contributed by atoms with van der Waals surface area (Å²) in [6.07, 6.45) is -5.14. The number of carbonyl (C=O) groups is 1. The molecule has 0 aromatic carbocycles. The zero-order chi connectivity index (χ0) is 12.1. The summed E-state index contributed by atoms with van der Waals surface area (Å²) in [6.45, 7) is 5.01. The third kappa shape index (κ3) is 6.73. The summed E-state index contributed by atoms with van der Waals surface area (Å²) in [5, 5.41) is 9.07. The van der Waals surface area contributed by atoms with E-state index in [4.69, 9.17) is 5.11 Å². The number of ether oxygens (including phenoxy) is 1. The van der Waals surface area contributed by atoms with Crippen LogP contribution in [-0.2, 0) is 9.53 Å². The van der Waals surface area contributed by atoms with Crippen molar-refractivity contribution in [3.05, 3.63) is 24.8 Å². The maximum atomic E-state index is 11.6. The van der Waals surface area contributed by atoms with Gasteiger partial charge in [-0.3, -0.25) is 0 Å². The predicted octanol–water partition coefficient (Wildman–Crippen LogP) is 1.59. The van der Waals surface area contributed by atoms with Crippen LogP contribution in [0.5, 0.6) is 0 Å². The molecule has 0 radical (unpaired) electrons. The highest BCUT2D eigenvalue weighted by atomic mass is 19.4. The largest absolute Gasteiger partial charge is 0.454 e. The standard InChI is InChI=1S/C9H11F3O3/c1-3-6(2)4-7(13)8(14)15-5-9(10,11)12/h3,7,13H,1-2,4-5H2/t7-/m1/s1. The molecule has 15 heavy (non-hydrogen) atoms. The molecule has 0 aromatic rings. The zero-order valence-corrected chi connectivity index (χ0v) is 7.88. The lowest BCUT2D eigenvalue weighted by Gasteiger charge is -2.11. The Labute approximate surface area is 84.8 Å². The molecule has 0 heterocycles. The molecule has 86 valence electrons. The van der Waals surface area contributed by atoms with Gasteiger partial charge in [0.2, 0.25) is 0 Å². The summed E-state index contributed by atoms with van der Waals surface area (Å²) >= 11 is 0. The van der Waals surface area contributed by atoms with Crippen LogP contribution >= 0.6 is 0 Å². The highest BCUT2D eigenvalue weighted by Gasteiger charge is 2.31. The Morgan fingerprint density at radius 3 is 2.47 bits per heavy atom. The first-order valence-corrected chi connectivity index (χ1v) is 3.98. The van der Waals surface area contributed by atoms with Gasteiger partial charge in [-0.1, -0.05) is 24.8 Å². The number of hydrogen-bond acceptors (Lipinski definition) is 3. The number of alkyl halides is 3. The summed E-state index contributed by atoms with van der Waals surface area (Å²) < 4.78 is 38.7. The topological polar surface area (TPSA) is 46.5 Å². The Morgan fingerprint density at radius 2 is 2.07 bits per heavy atom. The molecule has 0 saturated heterocycles. The summed E-state index contributed by atoms with van der Waals surface area (Å²) in [7, 11) is 0. The average molecular weight is 224 g/mol. The van der Waals surface area contributed by atoms with Crippen molar-refractivity contribution in [1.82, 2.24) is 0 Å². The number of aliphatic hydroxyl groups is 1. The molecule has 0 rings (SSSR count). The Balaban J connectivity index is 4.00. The zero-order valence-electron chi connectivity index (χ0n) is 7.88. The fourth-order valence-corrected chi connectivity index (χ4v) is 0.664. The van der Waals surface area contributed by atoms with E-state index in [1.807, 2.05) is 0 Å². The number of halogens is 3. The van der Waals surface area contributed by atoms with E-state index in [9.17, 15) is 18.0 Å². The fraction of sp³-hybridized carbons (Fsp3) is 0.444. The van der Waals surface area contributed by atoms with Crippen LogP contribution in [-0.4, -0.2) is 30.0 Å². The number of aliphatic hydroxyl groups excluding tert-OH is 1. The first-order chi connectivity index (χ1) is 6.76. The van der Waals surface area contributed by atoms with Gasteiger partial charge >= 0.3 is 12.1 Å². The number of hydrogen-bond donors (Lipinski definition) is 1. The second-order valence-electron chi connectivity index (χ2n) is 2.81. The number of allylic oxidation sites excluding steroid dienone is 1. The van der Waals surface area contributed by atoms with E-state index >= 15 is 0 Å². The molecule has 0 amide bonds. The molecule has 0 saturated carbocycles. The van der Waals surface area contributed by atoms with Gasteiger partial charge in [-0.05, 0) is 0 Å². The minimum Gasteiger partial charge on any atom is -0.454 e. The highest BCUT2D eigenvalue weighted by molar-refractivity contribution is 5.74. The molecule has 1 atom stereocenters. The molecule has 0 bridgehead atoms. The van der Waals surface area contributed by atoms with E-state index in [-0.39, 0.29) is 6.42 Å². The van der Waals surface area contributed by atoms with Crippen LogP contribution in [0.15, 0.2) is 24.8 Å². The lowest BCUT2D eigenvalue weighted by molar-refractivity contribution is -0.191. The van der Waals surface area contributed by atoms with Crippen molar-refractivity contribution in [2.24, 2.45) is 0 Å². The second kappa shape index (κ2) is 5.55. The van der Waals surface area contributed by atoms with E-state index in [0.29, 0.717) is 5.57 Å². The minimum atomic E-state index is -4.59. The summed E-state index contributed by atoms with van der Waals surface area (Å²) in [6, 6.07) is 0. The van der Waals surface area contributed by atoms with Crippen LogP contribution in [0.25, 0.3) is 0 Å². The van der Waals surface area contributed by atoms with Crippen molar-refractivity contribution >= 4 is 5.97 Å². The van der Waals surface area contributed by atoms with Crippen molar-refractivity contribution in [2.45, 2.75) is 18.7 Å². The number of carbonyl (C=O) groups excluding carboxylic acids is 1. The van der Waals surface area contributed by atoms with Gasteiger partial charge in [-0.15, -0.1) is 0 Å². The molecule has 0 fully saturated rings. The van der Waals surface area contributed by atoms with Gasteiger partial charge in [-0.25, -0.2) is 4.79 Å². The third-order valence-electron chi connectivity index (χ3n) is 1.39. The molecule has 3 nitrogen and oxygen atoms in total. The lowest BCUT2D eigenvalue weighted by Crippen LogP contribution is -2.28. The second-order valence-corrected chi connectivity index (χ2v) is 2.81. The summed E-state index contributed by atoms with van der Waals surface area (Å²) in [5.41, 5.74) is 0.339. The summed E-state index contributed by atoms with van der Waals surface area (Å²) in [4.78, 5) is 10.8. The van der Waals surface area contributed by atoms with Crippen LogP contribution in [0, 0.1) is 0 Å². The molecule has 6 heteroatoms. The predicted molar refractivity (Wildman–Crippen MR) is 47.0 cm³/mol. The molecular weight excluding hydrogens is 213 g/mol. The molecule has 0 spiro atoms. The number of rotatable bonds is 5. The monoisotopic (exact) mass is 224 g/mol. The van der Waals surface area contributed by atoms with E-state index in [2.05, 4.69) is 17.9 Å². The normalized spacial score (nSPS) is 13.1. The minimum absolute atomic E-state index is 0.194. The molecule has 0 aliphatic carbocycles. The van der Waals surface area contributed by atoms with E-state index in [1.54, 1.807) is 0 Å². The molecule has 0 aliphatic rings. The van der Waals surface area contributed by atoms with Crippen molar-refractivity contribution in [3.8, 4) is 0 Å². The van der Waals surface area contributed by atoms with Crippen molar-refractivity contribution in [3.63, 3.8) is 0 Å². The highest BCUT2D eigenvalue weighted by Crippen LogP contribution is 2.15. The number of esters is 1. The Hall–Kier alpha value is -1.30. The van der Waals surface area contributed by atoms with Gasteiger partial charge in [-0.2, -0.15) is 13.2 Å². The van der Waals surface area contributed by atoms with Crippen LogP contribution in [0.1, 0.15) is 6.42 Å². The van der Waals surface area contributed by atoms with E-state index < -0.39 is 24.9 Å². The van der Waals surface area contributed by atoms with Crippen molar-refractivity contribution < 1.29 is 27.8 Å². The first-order valence-electron chi connectivity index (χ1n) is 3.98. The van der Waals surface area contributed by atoms with E-state index in [0.717, 1.165) is 0 Å². The molecule has 1 N–H and O–H groups in total. The quantitative estimate of drug-likeness (QED) is 0.569. The van der Waals surface area contributed by atoms with Crippen LogP contribution in [0.2, 0.25) is 0 Å². The van der Waals surface area contributed by atoms with Crippen molar-refractivity contribution in [2.75, 3.05) is 6.61 Å². The third-order valence-corrected chi connectivity index (χ3v) is 1.39. The van der Waals surface area contributed by atoms with E-state index in [1.165, 1.54) is 6.08 Å². The Bertz CT molecular complexity index is 258. The molecule has 0 aromatic heterocycles. The van der Waals surface area contributed by atoms with Crippen LogP contribution < -0.4 is 0 Å².